The molecular formula is C9H12N6. The van der Waals surface area contributed by atoms with E-state index in [-0.39, 0.29) is 0 Å². The first-order valence-corrected chi connectivity index (χ1v) is 4.71. The van der Waals surface area contributed by atoms with Crippen molar-refractivity contribution in [1.82, 2.24) is 25.0 Å². The molecule has 0 spiro atoms. The first kappa shape index (κ1) is 9.57. The van der Waals surface area contributed by atoms with Gasteiger partial charge in [-0.25, -0.2) is 9.97 Å². The van der Waals surface area contributed by atoms with E-state index >= 15 is 0 Å². The van der Waals surface area contributed by atoms with Crippen LogP contribution in [-0.2, 0) is 6.54 Å². The van der Waals surface area contributed by atoms with E-state index < -0.39 is 0 Å². The zero-order valence-corrected chi connectivity index (χ0v) is 8.46. The second-order valence-electron chi connectivity index (χ2n) is 3.14. The zero-order chi connectivity index (χ0) is 10.5. The lowest BCUT2D eigenvalue weighted by molar-refractivity contribution is 0.608. The van der Waals surface area contributed by atoms with E-state index in [9.17, 15) is 0 Å². The minimum atomic E-state index is 0.764. The van der Waals surface area contributed by atoms with E-state index in [1.165, 1.54) is 0 Å². The molecule has 2 rings (SSSR count). The molecule has 6 nitrogen and oxygen atoms in total. The molecule has 0 aliphatic heterocycles. The van der Waals surface area contributed by atoms with Gasteiger partial charge in [0.05, 0.1) is 12.7 Å². The Labute approximate surface area is 87.4 Å². The number of nitrogens with one attached hydrogen (secondary N) is 1. The molecule has 0 radical (unpaired) electrons. The highest BCUT2D eigenvalue weighted by molar-refractivity contribution is 5.33. The van der Waals surface area contributed by atoms with Crippen LogP contribution < -0.4 is 5.32 Å². The normalized spacial score (nSPS) is 10.2. The van der Waals surface area contributed by atoms with Crippen LogP contribution in [0.5, 0.6) is 0 Å². The number of hydrogen-bond donors (Lipinski definition) is 1. The molecular weight excluding hydrogens is 192 g/mol. The van der Waals surface area contributed by atoms with Crippen molar-refractivity contribution in [2.75, 3.05) is 11.9 Å². The minimum absolute atomic E-state index is 0.764. The van der Waals surface area contributed by atoms with Gasteiger partial charge in [-0.2, -0.15) is 0 Å². The molecule has 2 aromatic heterocycles. The highest BCUT2D eigenvalue weighted by Gasteiger charge is 1.95. The summed E-state index contributed by atoms with van der Waals surface area (Å²) in [4.78, 5) is 8.11. The van der Waals surface area contributed by atoms with Gasteiger partial charge < -0.3 is 5.32 Å². The molecule has 0 saturated carbocycles. The van der Waals surface area contributed by atoms with E-state index in [2.05, 4.69) is 25.6 Å². The van der Waals surface area contributed by atoms with Gasteiger partial charge in [0.2, 0.25) is 0 Å². The summed E-state index contributed by atoms with van der Waals surface area (Å²) in [6.07, 6.45) is 5.04. The van der Waals surface area contributed by atoms with Gasteiger partial charge in [0.1, 0.15) is 12.1 Å². The first-order chi connectivity index (χ1) is 7.34. The van der Waals surface area contributed by atoms with Crippen LogP contribution >= 0.6 is 0 Å². The summed E-state index contributed by atoms with van der Waals surface area (Å²) in [6.45, 7) is 3.47. The molecule has 0 amide bonds. The first-order valence-electron chi connectivity index (χ1n) is 4.71. The Morgan fingerprint density at radius 1 is 1.40 bits per heavy atom. The SMILES string of the molecule is Cc1cc(NCCn2ccnn2)ncn1. The molecule has 0 fully saturated rings. The summed E-state index contributed by atoms with van der Waals surface area (Å²) in [7, 11) is 0. The van der Waals surface area contributed by atoms with Gasteiger partial charge in [-0.15, -0.1) is 5.10 Å². The minimum Gasteiger partial charge on any atom is -0.368 e. The molecule has 78 valence electrons. The van der Waals surface area contributed by atoms with Gasteiger partial charge in [-0.1, -0.05) is 5.21 Å². The van der Waals surface area contributed by atoms with Gasteiger partial charge in [-0.05, 0) is 6.92 Å². The molecule has 0 bridgehead atoms. The van der Waals surface area contributed by atoms with Crippen molar-refractivity contribution in [2.24, 2.45) is 0 Å². The van der Waals surface area contributed by atoms with Gasteiger partial charge in [0.25, 0.3) is 0 Å². The van der Waals surface area contributed by atoms with Crippen LogP contribution in [0.3, 0.4) is 0 Å². The summed E-state index contributed by atoms with van der Waals surface area (Å²) in [5.74, 6) is 0.836. The van der Waals surface area contributed by atoms with Gasteiger partial charge in [-0.3, -0.25) is 4.68 Å². The van der Waals surface area contributed by atoms with E-state index in [0.717, 1.165) is 24.6 Å². The van der Waals surface area contributed by atoms with Gasteiger partial charge in [0, 0.05) is 24.5 Å². The van der Waals surface area contributed by atoms with Crippen molar-refractivity contribution < 1.29 is 0 Å². The number of anilines is 1. The second kappa shape index (κ2) is 4.50. The lowest BCUT2D eigenvalue weighted by Gasteiger charge is -2.04. The van der Waals surface area contributed by atoms with Gasteiger partial charge >= 0.3 is 0 Å². The highest BCUT2D eigenvalue weighted by atomic mass is 15.4. The van der Waals surface area contributed by atoms with Gasteiger partial charge in [0.15, 0.2) is 0 Å². The maximum absolute atomic E-state index is 4.09. The maximum Gasteiger partial charge on any atom is 0.129 e. The Kier molecular flexibility index (Phi) is 2.87. The van der Waals surface area contributed by atoms with E-state index in [4.69, 9.17) is 0 Å². The molecule has 0 unspecified atom stereocenters. The molecule has 2 aromatic rings. The predicted octanol–water partition coefficient (Wildman–Crippen LogP) is 0.489. The third-order valence-electron chi connectivity index (χ3n) is 1.92. The number of aryl methyl sites for hydroxylation is 1. The van der Waals surface area contributed by atoms with Crippen molar-refractivity contribution in [3.8, 4) is 0 Å². The third kappa shape index (κ3) is 2.73. The van der Waals surface area contributed by atoms with Crippen LogP contribution in [0, 0.1) is 6.92 Å². The molecule has 2 heterocycles. The Morgan fingerprint density at radius 3 is 3.07 bits per heavy atom. The fraction of sp³-hybridized carbons (Fsp3) is 0.333. The predicted molar refractivity (Wildman–Crippen MR) is 55.3 cm³/mol. The van der Waals surface area contributed by atoms with Crippen molar-refractivity contribution >= 4 is 5.82 Å². The Hall–Kier alpha value is -1.98. The fourth-order valence-corrected chi connectivity index (χ4v) is 1.20. The second-order valence-corrected chi connectivity index (χ2v) is 3.14. The van der Waals surface area contributed by atoms with Crippen LogP contribution in [-0.4, -0.2) is 31.5 Å². The van der Waals surface area contributed by atoms with Crippen LogP contribution in [0.2, 0.25) is 0 Å². The standard InChI is InChI=1S/C9H12N6/c1-8-6-9(12-7-11-8)10-2-4-15-5-3-13-14-15/h3,5-7H,2,4H2,1H3,(H,10,11,12). The lowest BCUT2D eigenvalue weighted by atomic mass is 10.4. The van der Waals surface area contributed by atoms with Crippen LogP contribution in [0.25, 0.3) is 0 Å². The highest BCUT2D eigenvalue weighted by Crippen LogP contribution is 2.01. The molecule has 0 saturated heterocycles. The number of nitrogens with zero attached hydrogens (tertiary/aromatic N) is 5. The molecule has 1 N–H and O–H groups in total. The third-order valence-corrected chi connectivity index (χ3v) is 1.92. The van der Waals surface area contributed by atoms with Crippen molar-refractivity contribution in [1.29, 1.82) is 0 Å². The van der Waals surface area contributed by atoms with Crippen LogP contribution in [0.4, 0.5) is 5.82 Å². The van der Waals surface area contributed by atoms with E-state index in [0.29, 0.717) is 0 Å². The van der Waals surface area contributed by atoms with E-state index in [1.54, 1.807) is 17.2 Å². The van der Waals surface area contributed by atoms with Crippen LogP contribution in [0.1, 0.15) is 5.69 Å². The van der Waals surface area contributed by atoms with Crippen molar-refractivity contribution in [2.45, 2.75) is 13.5 Å². The Morgan fingerprint density at radius 2 is 2.33 bits per heavy atom. The quantitative estimate of drug-likeness (QED) is 0.784. The Bertz CT molecular complexity index is 410. The Balaban J connectivity index is 1.83. The average Bonchev–Trinajstić information content (AvgIpc) is 2.71. The lowest BCUT2D eigenvalue weighted by Crippen LogP contribution is -2.12. The zero-order valence-electron chi connectivity index (χ0n) is 8.46. The smallest absolute Gasteiger partial charge is 0.129 e. The monoisotopic (exact) mass is 204 g/mol. The van der Waals surface area contributed by atoms with Crippen LogP contribution in [0.15, 0.2) is 24.8 Å². The fourth-order valence-electron chi connectivity index (χ4n) is 1.20. The molecule has 6 heteroatoms. The topological polar surface area (TPSA) is 68.5 Å². The average molecular weight is 204 g/mol. The number of rotatable bonds is 4. The summed E-state index contributed by atoms with van der Waals surface area (Å²) in [5, 5.41) is 10.8. The maximum atomic E-state index is 4.09. The summed E-state index contributed by atoms with van der Waals surface area (Å²) >= 11 is 0. The van der Waals surface area contributed by atoms with E-state index in [1.807, 2.05) is 19.2 Å². The number of hydrogen-bond acceptors (Lipinski definition) is 5. The molecule has 0 aliphatic carbocycles. The molecule has 0 atom stereocenters. The molecule has 15 heavy (non-hydrogen) atoms. The van der Waals surface area contributed by atoms with Crippen molar-refractivity contribution in [3.63, 3.8) is 0 Å². The largest absolute Gasteiger partial charge is 0.368 e. The molecule has 0 aromatic carbocycles. The summed E-state index contributed by atoms with van der Waals surface area (Å²) < 4.78 is 1.76. The summed E-state index contributed by atoms with van der Waals surface area (Å²) in [5.41, 5.74) is 0.952. The molecule has 0 aliphatic rings. The summed E-state index contributed by atoms with van der Waals surface area (Å²) in [6, 6.07) is 1.90. The number of aromatic nitrogens is 5. The van der Waals surface area contributed by atoms with Crippen molar-refractivity contribution in [3.05, 3.63) is 30.5 Å².